The van der Waals surface area contributed by atoms with Crippen molar-refractivity contribution in [3.05, 3.63) is 57.7 Å². The van der Waals surface area contributed by atoms with Crippen molar-refractivity contribution in [1.29, 1.82) is 0 Å². The lowest BCUT2D eigenvalue weighted by Crippen LogP contribution is -2.04. The molecule has 0 unspecified atom stereocenters. The molecule has 102 valence electrons. The van der Waals surface area contributed by atoms with E-state index in [0.29, 0.717) is 0 Å². The largest absolute Gasteiger partial charge is 0.288 e. The van der Waals surface area contributed by atoms with Crippen molar-refractivity contribution < 1.29 is 0 Å². The van der Waals surface area contributed by atoms with Crippen LogP contribution in [-0.4, -0.2) is 0 Å². The summed E-state index contributed by atoms with van der Waals surface area (Å²) < 4.78 is 2.18. The lowest BCUT2D eigenvalue weighted by atomic mass is 9.99. The van der Waals surface area contributed by atoms with Crippen LogP contribution in [0.25, 0.3) is 20.2 Å². The lowest BCUT2D eigenvalue weighted by Gasteiger charge is -2.09. The second-order valence-corrected chi connectivity index (χ2v) is 6.34. The molecule has 1 nitrogen and oxygen atoms in total. The molecular formula is C18H18OS. The summed E-state index contributed by atoms with van der Waals surface area (Å²) in [7, 11) is 0. The number of fused-ring (bicyclic) bond motifs is 2. The minimum Gasteiger partial charge on any atom is -0.288 e. The summed E-state index contributed by atoms with van der Waals surface area (Å²) in [4.78, 5) is 12.7. The zero-order valence-electron chi connectivity index (χ0n) is 11.9. The van der Waals surface area contributed by atoms with Crippen LogP contribution in [0.15, 0.2) is 41.2 Å². The van der Waals surface area contributed by atoms with Crippen molar-refractivity contribution >= 4 is 31.5 Å². The Labute approximate surface area is 122 Å². The molecule has 1 aromatic heterocycles. The van der Waals surface area contributed by atoms with Gasteiger partial charge in [0.2, 0.25) is 0 Å². The van der Waals surface area contributed by atoms with E-state index in [9.17, 15) is 4.79 Å². The summed E-state index contributed by atoms with van der Waals surface area (Å²) in [6, 6.07) is 12.2. The lowest BCUT2D eigenvalue weighted by molar-refractivity contribution is 0.792. The van der Waals surface area contributed by atoms with Crippen LogP contribution in [-0.2, 0) is 6.42 Å². The summed E-state index contributed by atoms with van der Waals surface area (Å²) in [6.45, 7) is 4.29. The molecule has 3 rings (SSSR count). The third-order valence-electron chi connectivity index (χ3n) is 3.92. The fourth-order valence-corrected chi connectivity index (χ4v) is 3.87. The SMILES string of the molecule is CCCCc1ccc2sc3ccccc3c(=O)c2c1C. The van der Waals surface area contributed by atoms with Gasteiger partial charge in [-0.2, -0.15) is 0 Å². The highest BCUT2D eigenvalue weighted by atomic mass is 32.1. The molecule has 3 aromatic rings. The minimum absolute atomic E-state index is 0.185. The van der Waals surface area contributed by atoms with Crippen LogP contribution >= 0.6 is 11.3 Å². The Kier molecular flexibility index (Phi) is 3.58. The molecule has 0 saturated carbocycles. The van der Waals surface area contributed by atoms with E-state index in [1.54, 1.807) is 11.3 Å². The Morgan fingerprint density at radius 2 is 1.85 bits per heavy atom. The minimum atomic E-state index is 0.185. The second kappa shape index (κ2) is 5.37. The molecule has 0 spiro atoms. The molecule has 2 heteroatoms. The van der Waals surface area contributed by atoms with Crippen LogP contribution in [0.2, 0.25) is 0 Å². The van der Waals surface area contributed by atoms with Gasteiger partial charge in [-0.25, -0.2) is 0 Å². The van der Waals surface area contributed by atoms with Crippen LogP contribution < -0.4 is 5.43 Å². The fourth-order valence-electron chi connectivity index (χ4n) is 2.73. The zero-order valence-corrected chi connectivity index (χ0v) is 12.7. The van der Waals surface area contributed by atoms with Gasteiger partial charge >= 0.3 is 0 Å². The number of hydrogen-bond acceptors (Lipinski definition) is 2. The Morgan fingerprint density at radius 3 is 2.65 bits per heavy atom. The van der Waals surface area contributed by atoms with E-state index in [2.05, 4.69) is 26.0 Å². The van der Waals surface area contributed by atoms with Gasteiger partial charge in [0, 0.05) is 20.2 Å². The van der Waals surface area contributed by atoms with Crippen LogP contribution in [0.4, 0.5) is 0 Å². The summed E-state index contributed by atoms with van der Waals surface area (Å²) in [5.74, 6) is 0. The molecule has 1 heterocycles. The van der Waals surface area contributed by atoms with E-state index in [1.165, 1.54) is 24.0 Å². The fraction of sp³-hybridized carbons (Fsp3) is 0.278. The van der Waals surface area contributed by atoms with Crippen molar-refractivity contribution in [1.82, 2.24) is 0 Å². The third kappa shape index (κ3) is 2.14. The van der Waals surface area contributed by atoms with Crippen molar-refractivity contribution in [2.45, 2.75) is 33.1 Å². The van der Waals surface area contributed by atoms with E-state index in [1.807, 2.05) is 24.3 Å². The molecular weight excluding hydrogens is 264 g/mol. The first-order valence-corrected chi connectivity index (χ1v) is 7.98. The van der Waals surface area contributed by atoms with Gasteiger partial charge in [-0.05, 0) is 49.1 Å². The number of rotatable bonds is 3. The molecule has 0 atom stereocenters. The highest BCUT2D eigenvalue weighted by Crippen LogP contribution is 2.28. The molecule has 20 heavy (non-hydrogen) atoms. The van der Waals surface area contributed by atoms with Gasteiger partial charge in [-0.3, -0.25) is 4.79 Å². The molecule has 0 amide bonds. The normalized spacial score (nSPS) is 11.3. The topological polar surface area (TPSA) is 17.1 Å². The van der Waals surface area contributed by atoms with Gasteiger partial charge in [0.1, 0.15) is 0 Å². The van der Waals surface area contributed by atoms with E-state index in [-0.39, 0.29) is 5.43 Å². The van der Waals surface area contributed by atoms with Crippen LogP contribution in [0.1, 0.15) is 30.9 Å². The third-order valence-corrected chi connectivity index (χ3v) is 5.05. The standard InChI is InChI=1S/C18H18OS/c1-3-4-7-13-10-11-16-17(12(13)2)18(19)14-8-5-6-9-15(14)20-16/h5-6,8-11H,3-4,7H2,1-2H3. The molecule has 0 saturated heterocycles. The van der Waals surface area contributed by atoms with Crippen LogP contribution in [0.3, 0.4) is 0 Å². The Hall–Kier alpha value is -1.67. The Balaban J connectivity index is 2.33. The Bertz CT molecular complexity index is 830. The maximum atomic E-state index is 12.7. The smallest absolute Gasteiger partial charge is 0.196 e. The monoisotopic (exact) mass is 282 g/mol. The average Bonchev–Trinajstić information content (AvgIpc) is 2.47. The summed E-state index contributed by atoms with van der Waals surface area (Å²) >= 11 is 1.71. The zero-order chi connectivity index (χ0) is 14.1. The second-order valence-electron chi connectivity index (χ2n) is 5.25. The van der Waals surface area contributed by atoms with Gasteiger partial charge in [0.15, 0.2) is 5.43 Å². The van der Waals surface area contributed by atoms with Gasteiger partial charge in [0.05, 0.1) is 0 Å². The first-order valence-electron chi connectivity index (χ1n) is 7.16. The molecule has 2 aromatic carbocycles. The maximum Gasteiger partial charge on any atom is 0.196 e. The molecule has 0 aliphatic carbocycles. The van der Waals surface area contributed by atoms with Gasteiger partial charge in [-0.1, -0.05) is 31.5 Å². The van der Waals surface area contributed by atoms with E-state index < -0.39 is 0 Å². The summed E-state index contributed by atoms with van der Waals surface area (Å²) in [6.07, 6.45) is 3.43. The first kappa shape index (κ1) is 13.3. The number of benzene rings is 2. The molecule has 0 aliphatic rings. The number of aryl methyl sites for hydroxylation is 2. The molecule has 0 aliphatic heterocycles. The summed E-state index contributed by atoms with van der Waals surface area (Å²) in [5, 5.41) is 1.77. The predicted octanol–water partition coefficient (Wildman–Crippen LogP) is 5.07. The molecule has 0 fully saturated rings. The van der Waals surface area contributed by atoms with Crippen molar-refractivity contribution in [2.24, 2.45) is 0 Å². The number of unbranched alkanes of at least 4 members (excludes halogenated alkanes) is 1. The molecule has 0 radical (unpaired) electrons. The van der Waals surface area contributed by atoms with Gasteiger partial charge < -0.3 is 0 Å². The Morgan fingerprint density at radius 1 is 1.05 bits per heavy atom. The van der Waals surface area contributed by atoms with Crippen molar-refractivity contribution in [3.63, 3.8) is 0 Å². The van der Waals surface area contributed by atoms with E-state index in [4.69, 9.17) is 0 Å². The van der Waals surface area contributed by atoms with Crippen molar-refractivity contribution in [2.75, 3.05) is 0 Å². The number of hydrogen-bond donors (Lipinski definition) is 0. The molecule has 0 bridgehead atoms. The van der Waals surface area contributed by atoms with Crippen molar-refractivity contribution in [3.8, 4) is 0 Å². The molecule has 0 N–H and O–H groups in total. The van der Waals surface area contributed by atoms with E-state index >= 15 is 0 Å². The maximum absolute atomic E-state index is 12.7. The average molecular weight is 282 g/mol. The summed E-state index contributed by atoms with van der Waals surface area (Å²) in [5.41, 5.74) is 2.67. The van der Waals surface area contributed by atoms with Gasteiger partial charge in [0.25, 0.3) is 0 Å². The van der Waals surface area contributed by atoms with Crippen LogP contribution in [0, 0.1) is 6.92 Å². The predicted molar refractivity (Wildman–Crippen MR) is 89.0 cm³/mol. The highest BCUT2D eigenvalue weighted by molar-refractivity contribution is 7.24. The van der Waals surface area contributed by atoms with Crippen LogP contribution in [0.5, 0.6) is 0 Å². The highest BCUT2D eigenvalue weighted by Gasteiger charge is 2.10. The van der Waals surface area contributed by atoms with E-state index in [0.717, 1.165) is 26.6 Å². The quantitative estimate of drug-likeness (QED) is 0.613. The van der Waals surface area contributed by atoms with Gasteiger partial charge in [-0.15, -0.1) is 11.3 Å². The first-order chi connectivity index (χ1) is 9.72.